The molecule has 2 N–H and O–H groups in total. The molecule has 2 aromatic rings. The van der Waals surface area contributed by atoms with Crippen LogP contribution in [0.2, 0.25) is 0 Å². The van der Waals surface area contributed by atoms with Gasteiger partial charge in [-0.1, -0.05) is 77.9 Å². The van der Waals surface area contributed by atoms with Gasteiger partial charge >= 0.3 is 0 Å². The lowest BCUT2D eigenvalue weighted by Gasteiger charge is -2.19. The van der Waals surface area contributed by atoms with Gasteiger partial charge in [0.05, 0.1) is 0 Å². The molecule has 0 atom stereocenters. The number of benzene rings is 2. The van der Waals surface area contributed by atoms with E-state index in [1.807, 2.05) is 36.4 Å². The Hall–Kier alpha value is -1.23. The van der Waals surface area contributed by atoms with Crippen molar-refractivity contribution in [2.24, 2.45) is 0 Å². The highest BCUT2D eigenvalue weighted by Crippen LogP contribution is 2.30. The fourth-order valence-electron chi connectivity index (χ4n) is 2.22. The summed E-state index contributed by atoms with van der Waals surface area (Å²) in [6.45, 7) is 12.5. The third kappa shape index (κ3) is 6.81. The van der Waals surface area contributed by atoms with Crippen molar-refractivity contribution in [1.29, 1.82) is 0 Å². The summed E-state index contributed by atoms with van der Waals surface area (Å²) in [6.07, 6.45) is 0. The van der Waals surface area contributed by atoms with E-state index in [-0.39, 0.29) is 34.8 Å². The molecule has 0 radical (unpaired) electrons. The van der Waals surface area contributed by atoms with Crippen LogP contribution in [0, 0.1) is 0 Å². The second-order valence-corrected chi connectivity index (χ2v) is 7.53. The van der Waals surface area contributed by atoms with Crippen molar-refractivity contribution in [1.82, 2.24) is 0 Å². The van der Waals surface area contributed by atoms with Crippen molar-refractivity contribution in [3.05, 3.63) is 59.7 Å². The minimum Gasteiger partial charge on any atom is -0.508 e. The van der Waals surface area contributed by atoms with Crippen LogP contribution in [0.5, 0.6) is 11.5 Å². The van der Waals surface area contributed by atoms with E-state index in [0.29, 0.717) is 11.5 Å². The van der Waals surface area contributed by atoms with E-state index in [9.17, 15) is 10.2 Å². The van der Waals surface area contributed by atoms with E-state index in [4.69, 9.17) is 0 Å². The van der Waals surface area contributed by atoms with E-state index in [0.717, 1.165) is 11.1 Å². The third-order valence-corrected chi connectivity index (χ3v) is 3.42. The Morgan fingerprint density at radius 1 is 0.565 bits per heavy atom. The zero-order chi connectivity index (χ0) is 17.0. The lowest BCUT2D eigenvalue weighted by atomic mass is 9.86. The molecular formula is C20H29IO2. The summed E-state index contributed by atoms with van der Waals surface area (Å²) in [5, 5.41) is 18.9. The summed E-state index contributed by atoms with van der Waals surface area (Å²) >= 11 is 0. The van der Waals surface area contributed by atoms with E-state index in [2.05, 4.69) is 41.5 Å². The molecule has 0 fully saturated rings. The smallest absolute Gasteiger partial charge is 0.119 e. The SMILES string of the molecule is CC(C)(C)c1ccccc1O.CC(C)(C)c1ccccc1O.I. The maximum Gasteiger partial charge on any atom is 0.119 e. The summed E-state index contributed by atoms with van der Waals surface area (Å²) in [5.74, 6) is 0.778. The second kappa shape index (κ2) is 8.57. The zero-order valence-electron chi connectivity index (χ0n) is 14.9. The summed E-state index contributed by atoms with van der Waals surface area (Å²) in [4.78, 5) is 0. The molecule has 2 rings (SSSR count). The molecule has 0 amide bonds. The monoisotopic (exact) mass is 428 g/mol. The predicted molar refractivity (Wildman–Crippen MR) is 109 cm³/mol. The minimum absolute atomic E-state index is 0. The Morgan fingerprint density at radius 3 is 1.00 bits per heavy atom. The molecule has 0 heterocycles. The van der Waals surface area contributed by atoms with Crippen molar-refractivity contribution in [3.63, 3.8) is 0 Å². The molecule has 23 heavy (non-hydrogen) atoms. The van der Waals surface area contributed by atoms with E-state index < -0.39 is 0 Å². The number of hydrogen-bond acceptors (Lipinski definition) is 2. The average Bonchev–Trinajstić information content (AvgIpc) is 2.37. The van der Waals surface area contributed by atoms with Crippen LogP contribution in [-0.4, -0.2) is 10.2 Å². The Labute approximate surface area is 157 Å². The van der Waals surface area contributed by atoms with Crippen molar-refractivity contribution in [2.75, 3.05) is 0 Å². The molecule has 0 spiro atoms. The topological polar surface area (TPSA) is 40.5 Å². The first-order chi connectivity index (χ1) is 10.0. The first-order valence-electron chi connectivity index (χ1n) is 7.60. The Morgan fingerprint density at radius 2 is 0.826 bits per heavy atom. The normalized spacial score (nSPS) is 11.0. The van der Waals surface area contributed by atoms with E-state index >= 15 is 0 Å². The number of hydrogen-bond donors (Lipinski definition) is 2. The Bertz CT molecular complexity index is 552. The standard InChI is InChI=1S/2C10H14O.HI/c2*1-10(2,3)8-6-4-5-7-9(8)11;/h2*4-7,11H,1-3H3;1H. The number of phenolic OH excluding ortho intramolecular Hbond substituents is 2. The maximum absolute atomic E-state index is 9.45. The van der Waals surface area contributed by atoms with Crippen molar-refractivity contribution in [2.45, 2.75) is 52.4 Å². The molecule has 0 aliphatic heterocycles. The lowest BCUT2D eigenvalue weighted by molar-refractivity contribution is 0.446. The van der Waals surface area contributed by atoms with Gasteiger partial charge in [0.2, 0.25) is 0 Å². The third-order valence-electron chi connectivity index (χ3n) is 3.42. The molecule has 2 aromatic carbocycles. The number of rotatable bonds is 0. The molecule has 0 aliphatic rings. The first kappa shape index (κ1) is 21.8. The number of halogens is 1. The molecule has 0 aromatic heterocycles. The summed E-state index contributed by atoms with van der Waals surface area (Å²) < 4.78 is 0. The van der Waals surface area contributed by atoms with Crippen LogP contribution in [-0.2, 0) is 10.8 Å². The van der Waals surface area contributed by atoms with Crippen LogP contribution < -0.4 is 0 Å². The van der Waals surface area contributed by atoms with E-state index in [1.165, 1.54) is 0 Å². The molecule has 0 saturated heterocycles. The van der Waals surface area contributed by atoms with Gasteiger partial charge in [0, 0.05) is 0 Å². The molecule has 0 unspecified atom stereocenters. The van der Waals surface area contributed by atoms with Gasteiger partial charge in [-0.25, -0.2) is 0 Å². The van der Waals surface area contributed by atoms with Gasteiger partial charge in [-0.3, -0.25) is 0 Å². The van der Waals surface area contributed by atoms with Crippen LogP contribution in [0.25, 0.3) is 0 Å². The fourth-order valence-corrected chi connectivity index (χ4v) is 2.22. The second-order valence-electron chi connectivity index (χ2n) is 7.53. The Kier molecular flexibility index (Phi) is 8.12. The van der Waals surface area contributed by atoms with Crippen molar-refractivity contribution >= 4 is 24.0 Å². The largest absolute Gasteiger partial charge is 0.508 e. The van der Waals surface area contributed by atoms with Crippen molar-refractivity contribution < 1.29 is 10.2 Å². The molecular weight excluding hydrogens is 399 g/mol. The van der Waals surface area contributed by atoms with Gasteiger partial charge in [0.15, 0.2) is 0 Å². The van der Waals surface area contributed by atoms with Crippen LogP contribution in [0.1, 0.15) is 52.7 Å². The lowest BCUT2D eigenvalue weighted by Crippen LogP contribution is -2.10. The predicted octanol–water partition coefficient (Wildman–Crippen LogP) is 6.00. The van der Waals surface area contributed by atoms with Crippen LogP contribution >= 0.6 is 24.0 Å². The van der Waals surface area contributed by atoms with Crippen molar-refractivity contribution in [3.8, 4) is 11.5 Å². The average molecular weight is 428 g/mol. The molecule has 0 bridgehead atoms. The van der Waals surface area contributed by atoms with Gasteiger partial charge in [-0.2, -0.15) is 0 Å². The van der Waals surface area contributed by atoms with Gasteiger partial charge in [-0.15, -0.1) is 24.0 Å². The highest BCUT2D eigenvalue weighted by Gasteiger charge is 2.17. The zero-order valence-corrected chi connectivity index (χ0v) is 17.3. The highest BCUT2D eigenvalue weighted by atomic mass is 127. The highest BCUT2D eigenvalue weighted by molar-refractivity contribution is 14.0. The summed E-state index contributed by atoms with van der Waals surface area (Å²) in [6, 6.07) is 14.9. The summed E-state index contributed by atoms with van der Waals surface area (Å²) in [5.41, 5.74) is 2.07. The fraction of sp³-hybridized carbons (Fsp3) is 0.400. The van der Waals surface area contributed by atoms with Crippen LogP contribution in [0.4, 0.5) is 0 Å². The van der Waals surface area contributed by atoms with E-state index in [1.54, 1.807) is 12.1 Å². The molecule has 0 saturated carbocycles. The maximum atomic E-state index is 9.45. The van der Waals surface area contributed by atoms with Gasteiger partial charge in [0.1, 0.15) is 11.5 Å². The molecule has 128 valence electrons. The van der Waals surface area contributed by atoms with Crippen LogP contribution in [0.15, 0.2) is 48.5 Å². The van der Waals surface area contributed by atoms with Gasteiger partial charge in [0.25, 0.3) is 0 Å². The molecule has 2 nitrogen and oxygen atoms in total. The van der Waals surface area contributed by atoms with Crippen LogP contribution in [0.3, 0.4) is 0 Å². The molecule has 3 heteroatoms. The number of para-hydroxylation sites is 2. The molecule has 0 aliphatic carbocycles. The minimum atomic E-state index is 0. The number of phenols is 2. The quantitative estimate of drug-likeness (QED) is 0.506. The first-order valence-corrected chi connectivity index (χ1v) is 7.60. The number of aromatic hydroxyl groups is 2. The van der Waals surface area contributed by atoms with Gasteiger partial charge < -0.3 is 10.2 Å². The van der Waals surface area contributed by atoms with Gasteiger partial charge in [-0.05, 0) is 34.1 Å². The Balaban J connectivity index is 0.000000403. The summed E-state index contributed by atoms with van der Waals surface area (Å²) in [7, 11) is 0.